The van der Waals surface area contributed by atoms with E-state index < -0.39 is 36.4 Å². The van der Waals surface area contributed by atoms with E-state index in [0.717, 1.165) is 0 Å². The molecule has 4 N–H and O–H groups in total. The van der Waals surface area contributed by atoms with Crippen molar-refractivity contribution in [1.29, 1.82) is 0 Å². The van der Waals surface area contributed by atoms with Gasteiger partial charge in [0.1, 0.15) is 0 Å². The Morgan fingerprint density at radius 2 is 1.21 bits per heavy atom. The number of aliphatic hydroxyl groups is 1. The minimum Gasteiger partial charge on any atom is -0.481 e. The average molecular weight is 259 g/mol. The molecule has 0 rings (SSSR count). The van der Waals surface area contributed by atoms with Crippen LogP contribution in [0.25, 0.3) is 0 Å². The molecule has 14 heavy (non-hydrogen) atoms. The first-order valence-corrected chi connectivity index (χ1v) is 3.17. The first-order valence-electron chi connectivity index (χ1n) is 3.17. The number of carbonyl (C=O) groups is 3. The maximum Gasteiger partial charge on any atom is 0.336 e. The Morgan fingerprint density at radius 1 is 0.929 bits per heavy atom. The monoisotopic (exact) mass is 259 g/mol. The molecule has 8 heteroatoms. The van der Waals surface area contributed by atoms with Crippen LogP contribution in [0.4, 0.5) is 0 Å². The first-order chi connectivity index (χ1) is 5.78. The minimum atomic E-state index is -2.74. The van der Waals surface area contributed by atoms with Crippen LogP contribution in [-0.2, 0) is 14.4 Å². The van der Waals surface area contributed by atoms with Crippen molar-refractivity contribution in [2.24, 2.45) is 0 Å². The van der Waals surface area contributed by atoms with E-state index in [0.29, 0.717) is 0 Å². The normalized spacial score (nSPS) is 10.1. The minimum absolute atomic E-state index is 0. The Kier molecular flexibility index (Phi) is 6.28. The third-order valence-corrected chi connectivity index (χ3v) is 1.29. The third-order valence-electron chi connectivity index (χ3n) is 1.29. The summed E-state index contributed by atoms with van der Waals surface area (Å²) in [5.74, 6) is -5.02. The van der Waals surface area contributed by atoms with Gasteiger partial charge in [0.2, 0.25) is 0 Å². The average Bonchev–Trinajstić information content (AvgIpc) is 1.82. The maximum absolute atomic E-state index is 10.3. The van der Waals surface area contributed by atoms with E-state index in [1.807, 2.05) is 0 Å². The van der Waals surface area contributed by atoms with Crippen molar-refractivity contribution in [2.75, 3.05) is 0 Å². The van der Waals surface area contributed by atoms with Crippen molar-refractivity contribution in [3.63, 3.8) is 0 Å². The molecule has 0 aromatic rings. The Labute approximate surface area is 91.4 Å². The summed E-state index contributed by atoms with van der Waals surface area (Å²) in [5, 5.41) is 33.8. The van der Waals surface area contributed by atoms with Crippen LogP contribution in [0.5, 0.6) is 0 Å². The maximum atomic E-state index is 10.3. The SMILES string of the molecule is O=C(O)CC(O)(CC(=O)O)C(=O)O.[67Ga]. The molecule has 0 bridgehead atoms. The van der Waals surface area contributed by atoms with E-state index in [9.17, 15) is 14.4 Å². The summed E-state index contributed by atoms with van der Waals surface area (Å²) in [6.45, 7) is 0. The van der Waals surface area contributed by atoms with Gasteiger partial charge in [-0.15, -0.1) is 0 Å². The largest absolute Gasteiger partial charge is 0.481 e. The predicted molar refractivity (Wildman–Crippen MR) is 42.8 cm³/mol. The molecule has 0 unspecified atom stereocenters. The second kappa shape index (κ2) is 5.68. The van der Waals surface area contributed by atoms with Gasteiger partial charge in [0.05, 0.1) is 12.8 Å². The van der Waals surface area contributed by atoms with Gasteiger partial charge in [0.15, 0.2) is 5.60 Å². The zero-order valence-corrected chi connectivity index (χ0v) is 9.43. The summed E-state index contributed by atoms with van der Waals surface area (Å²) >= 11 is 0. The van der Waals surface area contributed by atoms with Gasteiger partial charge in [-0.25, -0.2) is 4.79 Å². The second-order valence-electron chi connectivity index (χ2n) is 2.48. The van der Waals surface area contributed by atoms with Gasteiger partial charge in [0, 0.05) is 19.8 Å². The van der Waals surface area contributed by atoms with Crippen molar-refractivity contribution in [2.45, 2.75) is 18.4 Å². The molecule has 0 aliphatic carbocycles. The van der Waals surface area contributed by atoms with Gasteiger partial charge in [0.25, 0.3) is 0 Å². The third kappa shape index (κ3) is 4.89. The van der Waals surface area contributed by atoms with Crippen LogP contribution >= 0.6 is 0 Å². The van der Waals surface area contributed by atoms with Gasteiger partial charge < -0.3 is 20.4 Å². The molecule has 0 aliphatic heterocycles. The molecule has 0 atom stereocenters. The quantitative estimate of drug-likeness (QED) is 0.436. The number of carboxylic acid groups (broad SMARTS) is 3. The molecule has 0 aromatic heterocycles. The van der Waals surface area contributed by atoms with Crippen molar-refractivity contribution >= 4 is 37.7 Å². The van der Waals surface area contributed by atoms with Crippen molar-refractivity contribution < 1.29 is 34.8 Å². The van der Waals surface area contributed by atoms with Crippen LogP contribution in [0.2, 0.25) is 0 Å². The predicted octanol–water partition coefficient (Wildman–Crippen LogP) is -1.63. The molecule has 0 spiro atoms. The Hall–Kier alpha value is -0.994. The van der Waals surface area contributed by atoms with E-state index in [4.69, 9.17) is 20.4 Å². The van der Waals surface area contributed by atoms with Gasteiger partial charge >= 0.3 is 17.9 Å². The number of hydrogen-bond donors (Lipinski definition) is 4. The summed E-state index contributed by atoms with van der Waals surface area (Å²) in [6.07, 6.45) is -2.29. The Bertz CT molecular complexity index is 233. The molecular weight excluding hydrogens is 251 g/mol. The number of rotatable bonds is 5. The molecule has 0 heterocycles. The molecule has 0 fully saturated rings. The molecule has 0 aromatic carbocycles. The fourth-order valence-corrected chi connectivity index (χ4v) is 0.714. The summed E-state index contributed by atoms with van der Waals surface area (Å²) < 4.78 is 0. The van der Waals surface area contributed by atoms with Crippen molar-refractivity contribution in [3.8, 4) is 0 Å². The van der Waals surface area contributed by atoms with E-state index in [1.54, 1.807) is 0 Å². The van der Waals surface area contributed by atoms with E-state index >= 15 is 0 Å². The van der Waals surface area contributed by atoms with Gasteiger partial charge in [-0.05, 0) is 0 Å². The smallest absolute Gasteiger partial charge is 0.336 e. The first kappa shape index (κ1) is 15.5. The molecule has 0 saturated carbocycles. The summed E-state index contributed by atoms with van der Waals surface area (Å²) in [4.78, 5) is 30.5. The van der Waals surface area contributed by atoms with Crippen LogP contribution < -0.4 is 0 Å². The van der Waals surface area contributed by atoms with Crippen molar-refractivity contribution in [3.05, 3.63) is 0 Å². The molecule has 0 amide bonds. The van der Waals surface area contributed by atoms with Crippen LogP contribution in [0.3, 0.4) is 0 Å². The summed E-state index contributed by atoms with van der Waals surface area (Å²) in [7, 11) is 0. The zero-order chi connectivity index (χ0) is 10.6. The fraction of sp³-hybridized carbons (Fsp3) is 0.500. The van der Waals surface area contributed by atoms with Crippen LogP contribution in [0.1, 0.15) is 12.8 Å². The zero-order valence-electron chi connectivity index (χ0n) is 7.01. The summed E-state index contributed by atoms with van der Waals surface area (Å²) in [5.41, 5.74) is -2.74. The number of aliphatic carboxylic acids is 3. The van der Waals surface area contributed by atoms with Gasteiger partial charge in [-0.2, -0.15) is 0 Å². The van der Waals surface area contributed by atoms with Crippen molar-refractivity contribution in [1.82, 2.24) is 0 Å². The molecular formula is C6H8GaO7. The van der Waals surface area contributed by atoms with Gasteiger partial charge in [-0.1, -0.05) is 0 Å². The topological polar surface area (TPSA) is 132 Å². The fourth-order valence-electron chi connectivity index (χ4n) is 0.714. The van der Waals surface area contributed by atoms with Crippen LogP contribution in [0.15, 0.2) is 0 Å². The Morgan fingerprint density at radius 3 is 1.36 bits per heavy atom. The van der Waals surface area contributed by atoms with Crippen LogP contribution in [-0.4, -0.2) is 63.7 Å². The molecule has 0 saturated heterocycles. The van der Waals surface area contributed by atoms with Gasteiger partial charge in [-0.3, -0.25) is 9.59 Å². The number of hydrogen-bond acceptors (Lipinski definition) is 4. The van der Waals surface area contributed by atoms with Crippen LogP contribution in [0, 0.1) is 0 Å². The second-order valence-corrected chi connectivity index (χ2v) is 2.48. The standard InChI is InChI=1S/C6H8O7.Ga/c7-3(8)1-6(13,5(11)12)2-4(9)10;/h13H,1-2H2,(H,7,8)(H,9,10)(H,11,12);/i;1-3. The van der Waals surface area contributed by atoms with E-state index in [1.165, 1.54) is 0 Å². The number of carboxylic acids is 3. The molecule has 3 radical (unpaired) electrons. The Balaban J connectivity index is 0. The molecule has 7 nitrogen and oxygen atoms in total. The summed E-state index contributed by atoms with van der Waals surface area (Å²) in [6, 6.07) is 0. The van der Waals surface area contributed by atoms with E-state index in [-0.39, 0.29) is 19.8 Å². The van der Waals surface area contributed by atoms with E-state index in [2.05, 4.69) is 0 Å². The molecule has 0 aliphatic rings. The molecule has 77 valence electrons.